The van der Waals surface area contributed by atoms with E-state index < -0.39 is 0 Å². The quantitative estimate of drug-likeness (QED) is 0.795. The summed E-state index contributed by atoms with van der Waals surface area (Å²) < 4.78 is 0. The number of Topliss-reactive ketones (excluding diaryl/α,β-unsaturated/α-hetero) is 2. The Balaban J connectivity index is 1.68. The molecule has 134 valence electrons. The number of aliphatic hydroxyl groups excluding tert-OH is 1. The third-order valence-corrected chi connectivity index (χ3v) is 8.90. The first kappa shape index (κ1) is 16.8. The molecule has 0 amide bonds. The largest absolute Gasteiger partial charge is 0.393 e. The summed E-state index contributed by atoms with van der Waals surface area (Å²) in [5.41, 5.74) is 0.103. The van der Waals surface area contributed by atoms with Gasteiger partial charge in [-0.2, -0.15) is 0 Å². The van der Waals surface area contributed by atoms with Crippen LogP contribution in [0.1, 0.15) is 72.1 Å². The Kier molecular flexibility index (Phi) is 3.77. The van der Waals surface area contributed by atoms with E-state index in [2.05, 4.69) is 13.8 Å². The van der Waals surface area contributed by atoms with Gasteiger partial charge in [0.1, 0.15) is 11.6 Å². The van der Waals surface area contributed by atoms with E-state index in [1.54, 1.807) is 6.92 Å². The highest BCUT2D eigenvalue weighted by molar-refractivity contribution is 5.80. The van der Waals surface area contributed by atoms with Crippen LogP contribution in [0.3, 0.4) is 0 Å². The van der Waals surface area contributed by atoms with Crippen molar-refractivity contribution in [2.24, 2.45) is 40.4 Å². The predicted molar refractivity (Wildman–Crippen MR) is 92.3 cm³/mol. The van der Waals surface area contributed by atoms with Crippen molar-refractivity contribution in [2.45, 2.75) is 78.2 Å². The lowest BCUT2D eigenvalue weighted by atomic mass is 9.44. The van der Waals surface area contributed by atoms with Crippen molar-refractivity contribution in [3.8, 4) is 0 Å². The molecule has 0 aromatic carbocycles. The first-order chi connectivity index (χ1) is 11.3. The van der Waals surface area contributed by atoms with E-state index in [1.165, 1.54) is 0 Å². The van der Waals surface area contributed by atoms with Gasteiger partial charge in [-0.3, -0.25) is 9.59 Å². The molecule has 0 aromatic rings. The number of fused-ring (bicyclic) bond motifs is 5. The Morgan fingerprint density at radius 1 is 1.12 bits per heavy atom. The van der Waals surface area contributed by atoms with Gasteiger partial charge in [0.2, 0.25) is 0 Å². The maximum atomic E-state index is 12.2. The van der Waals surface area contributed by atoms with Crippen LogP contribution < -0.4 is 0 Å². The second-order valence-corrected chi connectivity index (χ2v) is 9.84. The molecular weight excluding hydrogens is 300 g/mol. The molecule has 0 bridgehead atoms. The van der Waals surface area contributed by atoms with Gasteiger partial charge in [0.15, 0.2) is 0 Å². The smallest absolute Gasteiger partial charge is 0.133 e. The van der Waals surface area contributed by atoms with E-state index in [1.807, 2.05) is 0 Å². The van der Waals surface area contributed by atoms with Gasteiger partial charge in [-0.25, -0.2) is 0 Å². The van der Waals surface area contributed by atoms with Crippen LogP contribution in [0, 0.1) is 40.4 Å². The van der Waals surface area contributed by atoms with Gasteiger partial charge in [-0.15, -0.1) is 0 Å². The first-order valence-electron chi connectivity index (χ1n) is 9.97. The van der Waals surface area contributed by atoms with Gasteiger partial charge in [-0.1, -0.05) is 13.8 Å². The van der Waals surface area contributed by atoms with E-state index in [0.29, 0.717) is 41.7 Å². The fraction of sp³-hybridized carbons (Fsp3) is 0.905. The molecular formula is C21H32O3. The predicted octanol–water partition coefficient (Wildman–Crippen LogP) is 3.77. The van der Waals surface area contributed by atoms with Gasteiger partial charge in [-0.05, 0) is 80.0 Å². The monoisotopic (exact) mass is 332 g/mol. The Bertz CT molecular complexity index is 569. The van der Waals surface area contributed by atoms with Crippen LogP contribution in [0.5, 0.6) is 0 Å². The number of carbonyl (C=O) groups excluding carboxylic acids is 2. The molecule has 0 saturated heterocycles. The van der Waals surface area contributed by atoms with Crippen molar-refractivity contribution < 1.29 is 14.7 Å². The lowest BCUT2D eigenvalue weighted by Crippen LogP contribution is -2.59. The van der Waals surface area contributed by atoms with E-state index in [4.69, 9.17) is 0 Å². The molecule has 0 heterocycles. The summed E-state index contributed by atoms with van der Waals surface area (Å²) in [5, 5.41) is 11.2. The van der Waals surface area contributed by atoms with Gasteiger partial charge in [0, 0.05) is 18.8 Å². The summed E-state index contributed by atoms with van der Waals surface area (Å²) in [6, 6.07) is 0. The molecule has 0 aliphatic heterocycles. The highest BCUT2D eigenvalue weighted by Crippen LogP contribution is 2.67. The normalized spacial score (nSPS) is 53.9. The molecule has 4 aliphatic carbocycles. The number of aliphatic hydroxyl groups is 1. The zero-order valence-electron chi connectivity index (χ0n) is 15.4. The SMILES string of the molecule is CC(=O)[C@@H]1CC[C@@H]2[C@@H]3CC[C@H]4CC(=O)CC[C@]4(C)[C@H]3[C@H](O)C[C@@]21C. The minimum absolute atomic E-state index is 0.0138. The Morgan fingerprint density at radius 3 is 2.58 bits per heavy atom. The number of hydrogen-bond acceptors (Lipinski definition) is 3. The highest BCUT2D eigenvalue weighted by atomic mass is 16.3. The van der Waals surface area contributed by atoms with Gasteiger partial charge in [0.25, 0.3) is 0 Å². The van der Waals surface area contributed by atoms with Crippen LogP contribution in [-0.2, 0) is 9.59 Å². The van der Waals surface area contributed by atoms with Crippen molar-refractivity contribution in [3.05, 3.63) is 0 Å². The van der Waals surface area contributed by atoms with Crippen molar-refractivity contribution in [3.63, 3.8) is 0 Å². The van der Waals surface area contributed by atoms with E-state index in [-0.39, 0.29) is 22.9 Å². The van der Waals surface area contributed by atoms with Crippen LogP contribution in [0.15, 0.2) is 0 Å². The molecule has 0 spiro atoms. The Labute approximate surface area is 145 Å². The van der Waals surface area contributed by atoms with Crippen molar-refractivity contribution >= 4 is 11.6 Å². The highest BCUT2D eigenvalue weighted by Gasteiger charge is 2.63. The van der Waals surface area contributed by atoms with Crippen LogP contribution in [0.25, 0.3) is 0 Å². The minimum Gasteiger partial charge on any atom is -0.393 e. The van der Waals surface area contributed by atoms with Crippen molar-refractivity contribution in [1.29, 1.82) is 0 Å². The molecule has 3 nitrogen and oxygen atoms in total. The average molecular weight is 332 g/mol. The molecule has 24 heavy (non-hydrogen) atoms. The number of hydrogen-bond donors (Lipinski definition) is 1. The Hall–Kier alpha value is -0.700. The number of ketones is 2. The zero-order valence-corrected chi connectivity index (χ0v) is 15.4. The lowest BCUT2D eigenvalue weighted by Gasteiger charge is -2.61. The summed E-state index contributed by atoms with van der Waals surface area (Å²) in [4.78, 5) is 24.1. The molecule has 4 fully saturated rings. The second-order valence-electron chi connectivity index (χ2n) is 9.84. The van der Waals surface area contributed by atoms with Crippen LogP contribution in [-0.4, -0.2) is 22.8 Å². The van der Waals surface area contributed by atoms with Gasteiger partial charge >= 0.3 is 0 Å². The standard InChI is InChI=1S/C21H32O3/c1-12(22)16-6-7-17-15-5-4-13-10-14(23)8-9-20(13,2)19(15)18(24)11-21(16,17)3/h13,15-19,24H,4-11H2,1-3H3/t13-,15-,16-,17+,18+,19+,20-,21+/m0/s1. The molecule has 8 atom stereocenters. The fourth-order valence-corrected chi connectivity index (χ4v) is 7.84. The van der Waals surface area contributed by atoms with E-state index >= 15 is 0 Å². The average Bonchev–Trinajstić information content (AvgIpc) is 2.84. The minimum atomic E-state index is -0.308. The fourth-order valence-electron chi connectivity index (χ4n) is 7.84. The second kappa shape index (κ2) is 5.40. The number of rotatable bonds is 1. The molecule has 1 N–H and O–H groups in total. The lowest BCUT2D eigenvalue weighted by molar-refractivity contribution is -0.173. The maximum absolute atomic E-state index is 12.2. The van der Waals surface area contributed by atoms with Crippen LogP contribution in [0.4, 0.5) is 0 Å². The van der Waals surface area contributed by atoms with Crippen molar-refractivity contribution in [2.75, 3.05) is 0 Å². The van der Waals surface area contributed by atoms with Crippen molar-refractivity contribution in [1.82, 2.24) is 0 Å². The van der Waals surface area contributed by atoms with Crippen LogP contribution in [0.2, 0.25) is 0 Å². The summed E-state index contributed by atoms with van der Waals surface area (Å²) in [7, 11) is 0. The molecule has 0 aromatic heterocycles. The molecule has 4 rings (SSSR count). The Morgan fingerprint density at radius 2 is 1.88 bits per heavy atom. The van der Waals surface area contributed by atoms with Gasteiger partial charge < -0.3 is 5.11 Å². The molecule has 4 saturated carbocycles. The summed E-state index contributed by atoms with van der Waals surface area (Å²) in [6.07, 6.45) is 7.27. The summed E-state index contributed by atoms with van der Waals surface area (Å²) in [5.74, 6) is 2.78. The summed E-state index contributed by atoms with van der Waals surface area (Å²) >= 11 is 0. The maximum Gasteiger partial charge on any atom is 0.133 e. The first-order valence-corrected chi connectivity index (χ1v) is 9.97. The number of carbonyl (C=O) groups is 2. The molecule has 4 aliphatic rings. The molecule has 0 unspecified atom stereocenters. The molecule has 0 radical (unpaired) electrons. The molecule has 3 heteroatoms. The topological polar surface area (TPSA) is 54.4 Å². The third kappa shape index (κ3) is 2.12. The van der Waals surface area contributed by atoms with Crippen LogP contribution >= 0.6 is 0 Å². The summed E-state index contributed by atoms with van der Waals surface area (Å²) in [6.45, 7) is 6.36. The van der Waals surface area contributed by atoms with E-state index in [0.717, 1.165) is 44.9 Å². The third-order valence-electron chi connectivity index (χ3n) is 8.90. The zero-order chi connectivity index (χ0) is 17.3. The van der Waals surface area contributed by atoms with E-state index in [9.17, 15) is 14.7 Å². The van der Waals surface area contributed by atoms with Gasteiger partial charge in [0.05, 0.1) is 6.10 Å².